The Labute approximate surface area is 94.6 Å². The topological polar surface area (TPSA) is 49.4 Å². The number of amides is 2. The van der Waals surface area contributed by atoms with Gasteiger partial charge in [-0.05, 0) is 24.3 Å². The molecule has 0 aliphatic rings. The van der Waals surface area contributed by atoms with Gasteiger partial charge in [0.1, 0.15) is 0 Å². The van der Waals surface area contributed by atoms with Gasteiger partial charge in [-0.3, -0.25) is 9.59 Å². The van der Waals surface area contributed by atoms with E-state index in [1.807, 2.05) is 0 Å². The summed E-state index contributed by atoms with van der Waals surface area (Å²) in [4.78, 5) is 24.2. The number of carbonyl (C=O) groups is 2. The molecule has 84 valence electrons. The summed E-state index contributed by atoms with van der Waals surface area (Å²) < 4.78 is 0. The number of hydrogen-bond donors (Lipinski definition) is 1. The van der Waals surface area contributed by atoms with Crippen molar-refractivity contribution in [2.45, 2.75) is 0 Å². The molecule has 1 aromatic rings. The van der Waals surface area contributed by atoms with E-state index in [2.05, 4.69) is 11.9 Å². The Balaban J connectivity index is 2.91. The second kappa shape index (κ2) is 5.11. The van der Waals surface area contributed by atoms with Crippen LogP contribution in [0, 0.1) is 0 Å². The van der Waals surface area contributed by atoms with Crippen LogP contribution >= 0.6 is 0 Å². The largest absolute Gasteiger partial charge is 0.345 e. The van der Waals surface area contributed by atoms with Crippen molar-refractivity contribution in [2.75, 3.05) is 19.4 Å². The van der Waals surface area contributed by atoms with Crippen molar-refractivity contribution in [2.24, 2.45) is 0 Å². The summed E-state index contributed by atoms with van der Waals surface area (Å²) in [6, 6.07) is 6.76. The summed E-state index contributed by atoms with van der Waals surface area (Å²) in [5, 5.41) is 2.60. The number of nitrogens with zero attached hydrogens (tertiary/aromatic N) is 1. The highest BCUT2D eigenvalue weighted by Gasteiger charge is 2.08. The molecule has 0 atom stereocenters. The fourth-order valence-corrected chi connectivity index (χ4v) is 1.18. The van der Waals surface area contributed by atoms with Gasteiger partial charge in [0.25, 0.3) is 5.91 Å². The fourth-order valence-electron chi connectivity index (χ4n) is 1.18. The summed E-state index contributed by atoms with van der Waals surface area (Å²) in [5.74, 6) is -0.399. The highest BCUT2D eigenvalue weighted by molar-refractivity contribution is 6.00. The zero-order valence-corrected chi connectivity index (χ0v) is 9.36. The van der Waals surface area contributed by atoms with Gasteiger partial charge in [0.15, 0.2) is 0 Å². The van der Waals surface area contributed by atoms with Crippen molar-refractivity contribution in [3.05, 3.63) is 42.5 Å². The molecule has 1 rings (SSSR count). The van der Waals surface area contributed by atoms with Crippen molar-refractivity contribution >= 4 is 17.5 Å². The van der Waals surface area contributed by atoms with Crippen LogP contribution in [0.1, 0.15) is 10.4 Å². The Bertz CT molecular complexity index is 425. The molecule has 0 saturated heterocycles. The fraction of sp³-hybridized carbons (Fsp3) is 0.167. The minimum atomic E-state index is -0.297. The van der Waals surface area contributed by atoms with E-state index in [9.17, 15) is 9.59 Å². The van der Waals surface area contributed by atoms with Gasteiger partial charge in [-0.25, -0.2) is 0 Å². The lowest BCUT2D eigenvalue weighted by molar-refractivity contribution is -0.111. The Morgan fingerprint density at radius 3 is 2.62 bits per heavy atom. The molecule has 0 heterocycles. The number of anilines is 1. The third-order valence-corrected chi connectivity index (χ3v) is 1.97. The number of benzene rings is 1. The molecular formula is C12H14N2O2. The monoisotopic (exact) mass is 218 g/mol. The lowest BCUT2D eigenvalue weighted by Gasteiger charge is -2.11. The first-order valence-corrected chi connectivity index (χ1v) is 4.79. The van der Waals surface area contributed by atoms with E-state index in [4.69, 9.17) is 0 Å². The first-order valence-electron chi connectivity index (χ1n) is 4.79. The van der Waals surface area contributed by atoms with Crippen LogP contribution in [0.25, 0.3) is 0 Å². The Morgan fingerprint density at radius 1 is 1.38 bits per heavy atom. The number of carbonyl (C=O) groups excluding carboxylic acids is 2. The molecule has 0 spiro atoms. The van der Waals surface area contributed by atoms with Gasteiger partial charge in [0.2, 0.25) is 5.91 Å². The smallest absolute Gasteiger partial charge is 0.253 e. The molecule has 0 aliphatic heterocycles. The average molecular weight is 218 g/mol. The summed E-state index contributed by atoms with van der Waals surface area (Å²) in [7, 11) is 3.36. The maximum atomic E-state index is 11.6. The lowest BCUT2D eigenvalue weighted by Crippen LogP contribution is -2.21. The quantitative estimate of drug-likeness (QED) is 0.782. The van der Waals surface area contributed by atoms with Crippen molar-refractivity contribution < 1.29 is 9.59 Å². The first-order chi connectivity index (χ1) is 7.54. The summed E-state index contributed by atoms with van der Waals surface area (Å²) in [6.07, 6.45) is 1.18. The molecule has 0 unspecified atom stereocenters. The second-order valence-electron chi connectivity index (χ2n) is 3.47. The summed E-state index contributed by atoms with van der Waals surface area (Å²) in [5.41, 5.74) is 1.12. The predicted octanol–water partition coefficient (Wildman–Crippen LogP) is 1.51. The van der Waals surface area contributed by atoms with Crippen molar-refractivity contribution in [3.63, 3.8) is 0 Å². The van der Waals surface area contributed by atoms with E-state index < -0.39 is 0 Å². The van der Waals surface area contributed by atoms with Gasteiger partial charge >= 0.3 is 0 Å². The predicted molar refractivity (Wildman–Crippen MR) is 63.3 cm³/mol. The van der Waals surface area contributed by atoms with Gasteiger partial charge in [0, 0.05) is 25.3 Å². The third-order valence-electron chi connectivity index (χ3n) is 1.97. The van der Waals surface area contributed by atoms with Crippen molar-refractivity contribution in [3.8, 4) is 0 Å². The molecule has 1 N–H and O–H groups in total. The van der Waals surface area contributed by atoms with E-state index in [0.29, 0.717) is 11.3 Å². The van der Waals surface area contributed by atoms with E-state index in [1.54, 1.807) is 38.4 Å². The highest BCUT2D eigenvalue weighted by atomic mass is 16.2. The van der Waals surface area contributed by atoms with Gasteiger partial charge < -0.3 is 10.2 Å². The van der Waals surface area contributed by atoms with Crippen LogP contribution in [0.5, 0.6) is 0 Å². The lowest BCUT2D eigenvalue weighted by atomic mass is 10.2. The molecule has 0 aliphatic carbocycles. The number of rotatable bonds is 3. The van der Waals surface area contributed by atoms with Crippen LogP contribution in [0.2, 0.25) is 0 Å². The molecule has 2 amide bonds. The number of nitrogens with one attached hydrogen (secondary N) is 1. The van der Waals surface area contributed by atoms with Gasteiger partial charge in [-0.1, -0.05) is 12.6 Å². The van der Waals surface area contributed by atoms with Crippen LogP contribution in [-0.4, -0.2) is 30.8 Å². The zero-order chi connectivity index (χ0) is 12.1. The molecule has 0 fully saturated rings. The van der Waals surface area contributed by atoms with Crippen LogP contribution < -0.4 is 5.32 Å². The maximum absolute atomic E-state index is 11.6. The molecule has 16 heavy (non-hydrogen) atoms. The second-order valence-corrected chi connectivity index (χ2v) is 3.47. The summed E-state index contributed by atoms with van der Waals surface area (Å²) in [6.45, 7) is 3.36. The molecule has 4 nitrogen and oxygen atoms in total. The summed E-state index contributed by atoms with van der Waals surface area (Å²) >= 11 is 0. The van der Waals surface area contributed by atoms with Gasteiger partial charge in [0.05, 0.1) is 0 Å². The third kappa shape index (κ3) is 2.95. The minimum absolute atomic E-state index is 0.102. The standard InChI is InChI=1S/C12H14N2O2/c1-4-11(15)13-10-7-5-6-9(8-10)12(16)14(2)3/h4-8H,1H2,2-3H3,(H,13,15). The molecule has 0 radical (unpaired) electrons. The minimum Gasteiger partial charge on any atom is -0.345 e. The van der Waals surface area contributed by atoms with E-state index in [0.717, 1.165) is 0 Å². The Morgan fingerprint density at radius 2 is 2.06 bits per heavy atom. The SMILES string of the molecule is C=CC(=O)Nc1cccc(C(=O)N(C)C)c1. The van der Waals surface area contributed by atoms with E-state index >= 15 is 0 Å². The van der Waals surface area contributed by atoms with Crippen LogP contribution in [0.15, 0.2) is 36.9 Å². The zero-order valence-electron chi connectivity index (χ0n) is 9.36. The Hall–Kier alpha value is -2.10. The van der Waals surface area contributed by atoms with Gasteiger partial charge in [-0.15, -0.1) is 0 Å². The van der Waals surface area contributed by atoms with Crippen molar-refractivity contribution in [1.82, 2.24) is 4.90 Å². The molecule has 0 bridgehead atoms. The Kier molecular flexibility index (Phi) is 3.83. The first kappa shape index (κ1) is 12.0. The molecular weight excluding hydrogens is 204 g/mol. The number of hydrogen-bond acceptors (Lipinski definition) is 2. The normalized spacial score (nSPS) is 9.38. The molecule has 0 saturated carbocycles. The highest BCUT2D eigenvalue weighted by Crippen LogP contribution is 2.11. The van der Waals surface area contributed by atoms with Crippen LogP contribution in [0.4, 0.5) is 5.69 Å². The van der Waals surface area contributed by atoms with Crippen molar-refractivity contribution in [1.29, 1.82) is 0 Å². The van der Waals surface area contributed by atoms with E-state index in [1.165, 1.54) is 11.0 Å². The molecule has 4 heteroatoms. The van der Waals surface area contributed by atoms with E-state index in [-0.39, 0.29) is 11.8 Å². The molecule has 1 aromatic carbocycles. The molecule has 0 aromatic heterocycles. The van der Waals surface area contributed by atoms with Crippen LogP contribution in [-0.2, 0) is 4.79 Å². The van der Waals surface area contributed by atoms with Crippen LogP contribution in [0.3, 0.4) is 0 Å². The maximum Gasteiger partial charge on any atom is 0.253 e. The average Bonchev–Trinajstić information content (AvgIpc) is 2.28. The van der Waals surface area contributed by atoms with Gasteiger partial charge in [-0.2, -0.15) is 0 Å².